The van der Waals surface area contributed by atoms with Crippen LogP contribution in [0.15, 0.2) is 12.1 Å². The highest BCUT2D eigenvalue weighted by molar-refractivity contribution is 5.76. The molecule has 0 amide bonds. The van der Waals surface area contributed by atoms with Gasteiger partial charge in [-0.2, -0.15) is 0 Å². The molecule has 1 N–H and O–H groups in total. The number of aromatic nitrogens is 1. The first kappa shape index (κ1) is 14.0. The Hall–Kier alpha value is -1.46. The molecule has 1 fully saturated rings. The van der Waals surface area contributed by atoms with Crippen LogP contribution in [0.3, 0.4) is 0 Å². The first-order valence-corrected chi connectivity index (χ1v) is 6.44. The molecule has 1 aromatic rings. The van der Waals surface area contributed by atoms with Crippen molar-refractivity contribution >= 4 is 5.97 Å². The number of likely N-dealkylation sites (tertiary alicyclic amines) is 1. The second-order valence-electron chi connectivity index (χ2n) is 5.06. The van der Waals surface area contributed by atoms with Gasteiger partial charge in [-0.15, -0.1) is 0 Å². The second-order valence-corrected chi connectivity index (χ2v) is 5.06. The largest absolute Gasteiger partial charge is 0.468 e. The van der Waals surface area contributed by atoms with Gasteiger partial charge in [0, 0.05) is 30.9 Å². The molecule has 5 nitrogen and oxygen atoms in total. The standard InChI is InChI=1S/C14H20N2O3/c1-9-4-5-11(10(2)15-9)7-16-8-12(17)6-13(16)14(18)19-3/h4-5,12-13,17H,6-8H2,1-3H3/t12-,13-/m0/s1. The Labute approximate surface area is 113 Å². The Morgan fingerprint density at radius 1 is 1.53 bits per heavy atom. The van der Waals surface area contributed by atoms with E-state index in [1.807, 2.05) is 30.9 Å². The summed E-state index contributed by atoms with van der Waals surface area (Å²) >= 11 is 0. The molecule has 0 aliphatic carbocycles. The van der Waals surface area contributed by atoms with Gasteiger partial charge < -0.3 is 9.84 Å². The minimum absolute atomic E-state index is 0.283. The van der Waals surface area contributed by atoms with Crippen molar-refractivity contribution in [1.29, 1.82) is 0 Å². The monoisotopic (exact) mass is 264 g/mol. The van der Waals surface area contributed by atoms with Crippen LogP contribution in [0, 0.1) is 13.8 Å². The van der Waals surface area contributed by atoms with Crippen LogP contribution in [0.4, 0.5) is 0 Å². The van der Waals surface area contributed by atoms with E-state index >= 15 is 0 Å². The molecular weight excluding hydrogens is 244 g/mol. The predicted octanol–water partition coefficient (Wildman–Crippen LogP) is 0.807. The normalized spacial score (nSPS) is 23.6. The van der Waals surface area contributed by atoms with Crippen molar-refractivity contribution < 1.29 is 14.6 Å². The summed E-state index contributed by atoms with van der Waals surface area (Å²) in [5.41, 5.74) is 3.02. The Kier molecular flexibility index (Phi) is 4.17. The third-order valence-corrected chi connectivity index (χ3v) is 3.56. The number of esters is 1. The highest BCUT2D eigenvalue weighted by Crippen LogP contribution is 2.22. The fraction of sp³-hybridized carbons (Fsp3) is 0.571. The van der Waals surface area contributed by atoms with Gasteiger partial charge in [-0.25, -0.2) is 0 Å². The number of nitrogens with zero attached hydrogens (tertiary/aromatic N) is 2. The molecule has 2 heterocycles. The summed E-state index contributed by atoms with van der Waals surface area (Å²) in [5.74, 6) is -0.283. The van der Waals surface area contributed by atoms with E-state index in [2.05, 4.69) is 4.98 Å². The van der Waals surface area contributed by atoms with Crippen LogP contribution in [0.25, 0.3) is 0 Å². The summed E-state index contributed by atoms with van der Waals surface area (Å²) < 4.78 is 4.79. The molecule has 2 rings (SSSR count). The van der Waals surface area contributed by atoms with Gasteiger partial charge in [-0.3, -0.25) is 14.7 Å². The summed E-state index contributed by atoms with van der Waals surface area (Å²) in [5, 5.41) is 9.74. The highest BCUT2D eigenvalue weighted by atomic mass is 16.5. The third-order valence-electron chi connectivity index (χ3n) is 3.56. The molecule has 0 radical (unpaired) electrons. The van der Waals surface area contributed by atoms with E-state index in [1.165, 1.54) is 7.11 Å². The van der Waals surface area contributed by atoms with Crippen LogP contribution in [-0.4, -0.2) is 46.8 Å². The first-order valence-electron chi connectivity index (χ1n) is 6.44. The van der Waals surface area contributed by atoms with Crippen molar-refractivity contribution in [1.82, 2.24) is 9.88 Å². The Balaban J connectivity index is 2.14. The predicted molar refractivity (Wildman–Crippen MR) is 70.5 cm³/mol. The number of hydrogen-bond donors (Lipinski definition) is 1. The van der Waals surface area contributed by atoms with Gasteiger partial charge in [0.25, 0.3) is 0 Å². The summed E-state index contributed by atoms with van der Waals surface area (Å²) in [6, 6.07) is 3.62. The van der Waals surface area contributed by atoms with Gasteiger partial charge >= 0.3 is 5.97 Å². The number of methoxy groups -OCH3 is 1. The van der Waals surface area contributed by atoms with Crippen molar-refractivity contribution in [2.75, 3.05) is 13.7 Å². The van der Waals surface area contributed by atoms with Crippen molar-refractivity contribution in [2.24, 2.45) is 0 Å². The number of pyridine rings is 1. The van der Waals surface area contributed by atoms with E-state index in [-0.39, 0.29) is 12.0 Å². The topological polar surface area (TPSA) is 62.7 Å². The lowest BCUT2D eigenvalue weighted by atomic mass is 10.1. The van der Waals surface area contributed by atoms with Gasteiger partial charge in [0.15, 0.2) is 0 Å². The number of aliphatic hydroxyl groups excluding tert-OH is 1. The fourth-order valence-corrected chi connectivity index (χ4v) is 2.54. The maximum absolute atomic E-state index is 11.7. The van der Waals surface area contributed by atoms with E-state index in [0.29, 0.717) is 19.5 Å². The van der Waals surface area contributed by atoms with Crippen molar-refractivity contribution in [3.63, 3.8) is 0 Å². The molecule has 1 aliphatic rings. The lowest BCUT2D eigenvalue weighted by Gasteiger charge is -2.22. The van der Waals surface area contributed by atoms with Crippen molar-refractivity contribution in [2.45, 2.75) is 39.0 Å². The smallest absolute Gasteiger partial charge is 0.323 e. The quantitative estimate of drug-likeness (QED) is 0.818. The number of ether oxygens (including phenoxy) is 1. The maximum atomic E-state index is 11.7. The molecular formula is C14H20N2O3. The van der Waals surface area contributed by atoms with Crippen LogP contribution in [0.5, 0.6) is 0 Å². The molecule has 0 saturated carbocycles. The lowest BCUT2D eigenvalue weighted by molar-refractivity contribution is -0.146. The van der Waals surface area contributed by atoms with E-state index in [1.54, 1.807) is 0 Å². The minimum atomic E-state index is -0.470. The number of rotatable bonds is 3. The van der Waals surface area contributed by atoms with Crippen LogP contribution in [-0.2, 0) is 16.1 Å². The van der Waals surface area contributed by atoms with Crippen LogP contribution in [0.2, 0.25) is 0 Å². The van der Waals surface area contributed by atoms with E-state index in [0.717, 1.165) is 17.0 Å². The third kappa shape index (κ3) is 3.11. The van der Waals surface area contributed by atoms with Gasteiger partial charge in [0.1, 0.15) is 6.04 Å². The number of β-amino-alcohol motifs (C(OH)–C–C–N with tert-alkyl or cyclic N) is 1. The second kappa shape index (κ2) is 5.67. The van der Waals surface area contributed by atoms with Crippen LogP contribution < -0.4 is 0 Å². The van der Waals surface area contributed by atoms with Gasteiger partial charge in [-0.05, 0) is 25.5 Å². The maximum Gasteiger partial charge on any atom is 0.323 e. The van der Waals surface area contributed by atoms with Crippen molar-refractivity contribution in [3.8, 4) is 0 Å². The summed E-state index contributed by atoms with van der Waals surface area (Å²) in [4.78, 5) is 18.1. The number of hydrogen-bond acceptors (Lipinski definition) is 5. The zero-order valence-corrected chi connectivity index (χ0v) is 11.6. The van der Waals surface area contributed by atoms with Gasteiger partial charge in [-0.1, -0.05) is 6.07 Å². The van der Waals surface area contributed by atoms with E-state index in [4.69, 9.17) is 4.74 Å². The molecule has 19 heavy (non-hydrogen) atoms. The number of carbonyl (C=O) groups excluding carboxylic acids is 1. The summed E-state index contributed by atoms with van der Waals surface area (Å²) in [6.07, 6.45) is -0.0341. The zero-order chi connectivity index (χ0) is 14.0. The molecule has 0 spiro atoms. The molecule has 1 saturated heterocycles. The average Bonchev–Trinajstić information content (AvgIpc) is 2.73. The number of aliphatic hydroxyl groups is 1. The SMILES string of the molecule is COC(=O)[C@@H]1C[C@H](O)CN1Cc1ccc(C)nc1C. The van der Waals surface area contributed by atoms with E-state index < -0.39 is 6.10 Å². The molecule has 0 unspecified atom stereocenters. The molecule has 1 aromatic heterocycles. The Bertz CT molecular complexity index is 476. The fourth-order valence-electron chi connectivity index (χ4n) is 2.54. The molecule has 5 heteroatoms. The van der Waals surface area contributed by atoms with Crippen LogP contribution in [0.1, 0.15) is 23.4 Å². The molecule has 0 bridgehead atoms. The Morgan fingerprint density at radius 2 is 2.26 bits per heavy atom. The lowest BCUT2D eigenvalue weighted by Crippen LogP contribution is -2.36. The minimum Gasteiger partial charge on any atom is -0.468 e. The average molecular weight is 264 g/mol. The zero-order valence-electron chi connectivity index (χ0n) is 11.6. The highest BCUT2D eigenvalue weighted by Gasteiger charge is 2.36. The van der Waals surface area contributed by atoms with E-state index in [9.17, 15) is 9.90 Å². The van der Waals surface area contributed by atoms with Gasteiger partial charge in [0.2, 0.25) is 0 Å². The molecule has 0 aromatic carbocycles. The van der Waals surface area contributed by atoms with Gasteiger partial charge in [0.05, 0.1) is 13.2 Å². The summed E-state index contributed by atoms with van der Waals surface area (Å²) in [6.45, 7) is 5.01. The Morgan fingerprint density at radius 3 is 2.89 bits per heavy atom. The van der Waals surface area contributed by atoms with Crippen LogP contribution >= 0.6 is 0 Å². The first-order chi connectivity index (χ1) is 9.01. The molecule has 2 atom stereocenters. The number of aryl methyl sites for hydroxylation is 2. The number of carbonyl (C=O) groups is 1. The summed E-state index contributed by atoms with van der Waals surface area (Å²) in [7, 11) is 1.38. The molecule has 104 valence electrons. The van der Waals surface area contributed by atoms with Crippen molar-refractivity contribution in [3.05, 3.63) is 29.1 Å². The molecule has 1 aliphatic heterocycles.